The molecule has 0 aromatic heterocycles. The molecule has 2 aromatic carbocycles. The second-order valence-electron chi connectivity index (χ2n) is 4.78. The van der Waals surface area contributed by atoms with E-state index in [-0.39, 0.29) is 0 Å². The largest absolute Gasteiger partial charge is 0.496 e. The van der Waals surface area contributed by atoms with Gasteiger partial charge in [-0.05, 0) is 51.2 Å². The Kier molecular flexibility index (Phi) is 5.79. The van der Waals surface area contributed by atoms with Crippen molar-refractivity contribution in [1.82, 2.24) is 0 Å². The molecule has 2 rings (SSSR count). The fourth-order valence-corrected chi connectivity index (χ4v) is 2.69. The first kappa shape index (κ1) is 16.0. The number of hydrogen-bond donors (Lipinski definition) is 1. The van der Waals surface area contributed by atoms with Gasteiger partial charge in [-0.25, -0.2) is 0 Å². The monoisotopic (exact) mass is 350 g/mol. The van der Waals surface area contributed by atoms with E-state index < -0.39 is 6.10 Å². The van der Waals surface area contributed by atoms with Gasteiger partial charge in [0.2, 0.25) is 0 Å². The van der Waals surface area contributed by atoms with E-state index >= 15 is 0 Å². The summed E-state index contributed by atoms with van der Waals surface area (Å²) in [5.41, 5.74) is 2.89. The van der Waals surface area contributed by atoms with E-state index in [9.17, 15) is 5.11 Å². The van der Waals surface area contributed by atoms with Crippen LogP contribution in [-0.4, -0.2) is 25.9 Å². The lowest BCUT2D eigenvalue weighted by molar-refractivity contribution is 0.202. The molecule has 0 aliphatic carbocycles. The molecule has 0 radical (unpaired) electrons. The van der Waals surface area contributed by atoms with Gasteiger partial charge in [-0.3, -0.25) is 0 Å². The Morgan fingerprint density at radius 3 is 2.29 bits per heavy atom. The first-order valence-corrected chi connectivity index (χ1v) is 7.54. The van der Waals surface area contributed by atoms with E-state index in [1.165, 1.54) is 5.56 Å². The van der Waals surface area contributed by atoms with Crippen molar-refractivity contribution >= 4 is 15.9 Å². The van der Waals surface area contributed by atoms with Gasteiger partial charge in [0.05, 0.1) is 18.2 Å². The van der Waals surface area contributed by atoms with Crippen molar-refractivity contribution in [2.24, 2.45) is 0 Å². The maximum atomic E-state index is 10.5. The predicted octanol–water partition coefficient (Wildman–Crippen LogP) is 3.73. The van der Waals surface area contributed by atoms with Crippen LogP contribution >= 0.6 is 15.9 Å². The number of ether oxygens (including phenoxy) is 2. The summed E-state index contributed by atoms with van der Waals surface area (Å²) in [6, 6.07) is 13.5. The van der Waals surface area contributed by atoms with E-state index in [1.807, 2.05) is 42.5 Å². The summed E-state index contributed by atoms with van der Waals surface area (Å²) in [4.78, 5) is 0. The van der Waals surface area contributed by atoms with Crippen LogP contribution in [-0.2, 0) is 11.2 Å². The maximum absolute atomic E-state index is 10.5. The highest BCUT2D eigenvalue weighted by atomic mass is 79.9. The summed E-state index contributed by atoms with van der Waals surface area (Å²) in [6.07, 6.45) is 0.227. The fraction of sp³-hybridized carbons (Fsp3) is 0.294. The molecule has 0 saturated carbocycles. The standard InChI is InChI=1S/C17H19BrO3/c1-20-10-9-12-3-5-13(6-4-12)17(19)14-7-8-16(21-2)15(18)11-14/h3-8,11,17,19H,9-10H2,1-2H3. The predicted molar refractivity (Wildman–Crippen MR) is 86.8 cm³/mol. The van der Waals surface area contributed by atoms with Gasteiger partial charge in [0.1, 0.15) is 11.9 Å². The van der Waals surface area contributed by atoms with Crippen LogP contribution in [0.25, 0.3) is 0 Å². The molecule has 0 aliphatic heterocycles. The average molecular weight is 351 g/mol. The molecule has 0 amide bonds. The third-order valence-corrected chi connectivity index (χ3v) is 4.00. The third-order valence-electron chi connectivity index (χ3n) is 3.38. The molecule has 0 saturated heterocycles. The van der Waals surface area contributed by atoms with Crippen molar-refractivity contribution in [3.05, 3.63) is 63.6 Å². The smallest absolute Gasteiger partial charge is 0.133 e. The van der Waals surface area contributed by atoms with Crippen molar-refractivity contribution in [3.63, 3.8) is 0 Å². The van der Waals surface area contributed by atoms with Crippen molar-refractivity contribution in [2.75, 3.05) is 20.8 Å². The Morgan fingerprint density at radius 2 is 1.71 bits per heavy atom. The minimum absolute atomic E-state index is 0.649. The Hall–Kier alpha value is -1.36. The zero-order valence-electron chi connectivity index (χ0n) is 12.2. The van der Waals surface area contributed by atoms with Crippen LogP contribution in [0.15, 0.2) is 46.9 Å². The van der Waals surface area contributed by atoms with Crippen LogP contribution in [0.1, 0.15) is 22.8 Å². The SMILES string of the molecule is COCCc1ccc(C(O)c2ccc(OC)c(Br)c2)cc1. The molecule has 0 heterocycles. The summed E-state index contributed by atoms with van der Waals surface area (Å²) in [6.45, 7) is 0.702. The quantitative estimate of drug-likeness (QED) is 0.862. The molecule has 21 heavy (non-hydrogen) atoms. The molecule has 4 heteroatoms. The van der Waals surface area contributed by atoms with E-state index in [2.05, 4.69) is 15.9 Å². The molecule has 0 bridgehead atoms. The molecule has 2 aromatic rings. The Labute approximate surface area is 133 Å². The minimum Gasteiger partial charge on any atom is -0.496 e. The summed E-state index contributed by atoms with van der Waals surface area (Å²) >= 11 is 3.44. The maximum Gasteiger partial charge on any atom is 0.133 e. The van der Waals surface area contributed by atoms with Crippen LogP contribution in [0.2, 0.25) is 0 Å². The van der Waals surface area contributed by atoms with Gasteiger partial charge in [0, 0.05) is 7.11 Å². The van der Waals surface area contributed by atoms with Gasteiger partial charge in [-0.1, -0.05) is 30.3 Å². The van der Waals surface area contributed by atoms with Crippen molar-refractivity contribution < 1.29 is 14.6 Å². The Morgan fingerprint density at radius 1 is 1.05 bits per heavy atom. The Balaban J connectivity index is 2.15. The van der Waals surface area contributed by atoms with Crippen LogP contribution in [0.5, 0.6) is 5.75 Å². The highest BCUT2D eigenvalue weighted by molar-refractivity contribution is 9.10. The van der Waals surface area contributed by atoms with Gasteiger partial charge < -0.3 is 14.6 Å². The van der Waals surface area contributed by atoms with Gasteiger partial charge in [0.25, 0.3) is 0 Å². The van der Waals surface area contributed by atoms with Gasteiger partial charge in [0.15, 0.2) is 0 Å². The molecule has 112 valence electrons. The summed E-state index contributed by atoms with van der Waals surface area (Å²) < 4.78 is 11.1. The van der Waals surface area contributed by atoms with Crippen molar-refractivity contribution in [2.45, 2.75) is 12.5 Å². The number of halogens is 1. The summed E-state index contributed by atoms with van der Waals surface area (Å²) in [5, 5.41) is 10.5. The third kappa shape index (κ3) is 4.06. The Bertz CT molecular complexity index is 581. The number of hydrogen-bond acceptors (Lipinski definition) is 3. The first-order chi connectivity index (χ1) is 10.2. The first-order valence-electron chi connectivity index (χ1n) is 6.75. The topological polar surface area (TPSA) is 38.7 Å². The second-order valence-corrected chi connectivity index (χ2v) is 5.64. The lowest BCUT2D eigenvalue weighted by Gasteiger charge is -2.14. The summed E-state index contributed by atoms with van der Waals surface area (Å²) in [7, 11) is 3.31. The van der Waals surface area contributed by atoms with E-state index in [4.69, 9.17) is 9.47 Å². The van der Waals surface area contributed by atoms with E-state index in [0.717, 1.165) is 27.8 Å². The molecule has 1 atom stereocenters. The van der Waals surface area contributed by atoms with Crippen LogP contribution in [0, 0.1) is 0 Å². The zero-order chi connectivity index (χ0) is 15.2. The molecule has 1 N–H and O–H groups in total. The minimum atomic E-state index is -0.649. The normalized spacial score (nSPS) is 12.2. The lowest BCUT2D eigenvalue weighted by atomic mass is 10.00. The highest BCUT2D eigenvalue weighted by Crippen LogP contribution is 2.30. The summed E-state index contributed by atoms with van der Waals surface area (Å²) in [5.74, 6) is 0.751. The van der Waals surface area contributed by atoms with Crippen LogP contribution in [0.4, 0.5) is 0 Å². The van der Waals surface area contributed by atoms with Gasteiger partial charge >= 0.3 is 0 Å². The number of benzene rings is 2. The van der Waals surface area contributed by atoms with Gasteiger partial charge in [-0.2, -0.15) is 0 Å². The van der Waals surface area contributed by atoms with E-state index in [1.54, 1.807) is 14.2 Å². The number of aliphatic hydroxyl groups is 1. The highest BCUT2D eigenvalue weighted by Gasteiger charge is 2.12. The number of rotatable bonds is 6. The number of aliphatic hydroxyl groups excluding tert-OH is 1. The van der Waals surface area contributed by atoms with Crippen molar-refractivity contribution in [1.29, 1.82) is 0 Å². The molecule has 0 fully saturated rings. The molecular formula is C17H19BrO3. The zero-order valence-corrected chi connectivity index (χ0v) is 13.8. The lowest BCUT2D eigenvalue weighted by Crippen LogP contribution is -2.01. The molecule has 0 spiro atoms. The van der Waals surface area contributed by atoms with Crippen LogP contribution in [0.3, 0.4) is 0 Å². The number of methoxy groups -OCH3 is 2. The van der Waals surface area contributed by atoms with Gasteiger partial charge in [-0.15, -0.1) is 0 Å². The molecule has 3 nitrogen and oxygen atoms in total. The molecule has 0 aliphatic rings. The fourth-order valence-electron chi connectivity index (χ4n) is 2.13. The van der Waals surface area contributed by atoms with E-state index in [0.29, 0.717) is 6.61 Å². The molecular weight excluding hydrogens is 332 g/mol. The van der Waals surface area contributed by atoms with Crippen molar-refractivity contribution in [3.8, 4) is 5.75 Å². The molecule has 1 unspecified atom stereocenters. The average Bonchev–Trinajstić information content (AvgIpc) is 2.52. The van der Waals surface area contributed by atoms with Crippen LogP contribution < -0.4 is 4.74 Å². The second kappa shape index (κ2) is 7.59.